The predicted molar refractivity (Wildman–Crippen MR) is 76.6 cm³/mol. The fourth-order valence-corrected chi connectivity index (χ4v) is 3.16. The maximum absolute atomic E-state index is 12.5. The summed E-state index contributed by atoms with van der Waals surface area (Å²) in [5.74, 6) is -0.905. The summed E-state index contributed by atoms with van der Waals surface area (Å²) in [5, 5.41) is 8.07. The molecule has 1 unspecified atom stereocenters. The van der Waals surface area contributed by atoms with Crippen molar-refractivity contribution in [3.63, 3.8) is 0 Å². The second-order valence-electron chi connectivity index (χ2n) is 4.66. The Kier molecular flexibility index (Phi) is 2.64. The van der Waals surface area contributed by atoms with Crippen LogP contribution in [-0.2, 0) is 4.79 Å². The highest BCUT2D eigenvalue weighted by molar-refractivity contribution is 9.12. The van der Waals surface area contributed by atoms with Gasteiger partial charge in [0.25, 0.3) is 0 Å². The maximum atomic E-state index is 12.5. The largest absolute Gasteiger partial charge is 0.304 e. The molecule has 94 valence electrons. The van der Waals surface area contributed by atoms with Crippen molar-refractivity contribution in [2.45, 2.75) is 6.92 Å². The molecule has 3 nitrogen and oxygen atoms in total. The summed E-state index contributed by atoms with van der Waals surface area (Å²) in [7, 11) is 0. The molecule has 1 atom stereocenters. The molecule has 0 saturated carbocycles. The van der Waals surface area contributed by atoms with Crippen LogP contribution in [0, 0.1) is 11.3 Å². The molecule has 4 heteroatoms. The number of ketones is 2. The highest BCUT2D eigenvalue weighted by Crippen LogP contribution is 2.38. The van der Waals surface area contributed by atoms with Gasteiger partial charge in [-0.15, -0.1) is 0 Å². The fourth-order valence-electron chi connectivity index (χ4n) is 2.42. The Balaban J connectivity index is 2.35. The van der Waals surface area contributed by atoms with Crippen LogP contribution in [0.2, 0.25) is 0 Å². The van der Waals surface area contributed by atoms with Crippen LogP contribution in [-0.4, -0.2) is 17.3 Å². The Morgan fingerprint density at radius 3 is 2.63 bits per heavy atom. The molecule has 0 aromatic heterocycles. The fraction of sp³-hybridized carbons (Fsp3) is 0.133. The van der Waals surface area contributed by atoms with Crippen molar-refractivity contribution in [1.82, 2.24) is 0 Å². The quantitative estimate of drug-likeness (QED) is 0.799. The number of rotatable bonds is 0. The molecule has 0 aliphatic heterocycles. The first-order chi connectivity index (χ1) is 9.02. The molecular formula is C15H10BrNO2. The molecule has 1 N–H and O–H groups in total. The molecule has 0 fully saturated rings. The topological polar surface area (TPSA) is 58.0 Å². The van der Waals surface area contributed by atoms with Crippen LogP contribution in [0.1, 0.15) is 22.8 Å². The highest BCUT2D eigenvalue weighted by Gasteiger charge is 2.38. The van der Waals surface area contributed by atoms with Gasteiger partial charge in [0, 0.05) is 22.4 Å². The van der Waals surface area contributed by atoms with Crippen molar-refractivity contribution >= 4 is 39.3 Å². The smallest absolute Gasteiger partial charge is 0.195 e. The second-order valence-corrected chi connectivity index (χ2v) is 5.46. The summed E-state index contributed by atoms with van der Waals surface area (Å²) in [4.78, 5) is 24.5. The van der Waals surface area contributed by atoms with Gasteiger partial charge >= 0.3 is 0 Å². The third-order valence-electron chi connectivity index (χ3n) is 3.55. The summed E-state index contributed by atoms with van der Waals surface area (Å²) < 4.78 is 0.293. The van der Waals surface area contributed by atoms with E-state index in [1.165, 1.54) is 0 Å². The third kappa shape index (κ3) is 1.60. The van der Waals surface area contributed by atoms with Crippen LogP contribution >= 0.6 is 15.9 Å². The van der Waals surface area contributed by atoms with E-state index in [0.717, 1.165) is 5.56 Å². The monoisotopic (exact) mass is 315 g/mol. The van der Waals surface area contributed by atoms with E-state index >= 15 is 0 Å². The lowest BCUT2D eigenvalue weighted by Gasteiger charge is -2.27. The van der Waals surface area contributed by atoms with Crippen LogP contribution in [0.3, 0.4) is 0 Å². The third-order valence-corrected chi connectivity index (χ3v) is 4.34. The Bertz CT molecular complexity index is 713. The Labute approximate surface area is 118 Å². The maximum Gasteiger partial charge on any atom is 0.195 e. The predicted octanol–water partition coefficient (Wildman–Crippen LogP) is 3.15. The summed E-state index contributed by atoms with van der Waals surface area (Å²) >= 11 is 3.23. The van der Waals surface area contributed by atoms with E-state index in [1.807, 2.05) is 18.2 Å². The molecule has 0 saturated heterocycles. The Hall–Kier alpha value is -1.81. The first kappa shape index (κ1) is 12.2. The van der Waals surface area contributed by atoms with Crippen LogP contribution < -0.4 is 0 Å². The molecular weight excluding hydrogens is 306 g/mol. The summed E-state index contributed by atoms with van der Waals surface area (Å²) in [5.41, 5.74) is 2.48. The van der Waals surface area contributed by atoms with Gasteiger partial charge in [-0.2, -0.15) is 0 Å². The lowest BCUT2D eigenvalue weighted by Crippen LogP contribution is -2.32. The minimum atomic E-state index is -0.512. The number of benzene rings is 1. The van der Waals surface area contributed by atoms with Crippen molar-refractivity contribution in [2.24, 2.45) is 5.92 Å². The van der Waals surface area contributed by atoms with E-state index in [9.17, 15) is 9.59 Å². The van der Waals surface area contributed by atoms with Crippen molar-refractivity contribution in [3.05, 3.63) is 51.0 Å². The zero-order valence-corrected chi connectivity index (χ0v) is 11.7. The number of fused-ring (bicyclic) bond motifs is 2. The van der Waals surface area contributed by atoms with Crippen molar-refractivity contribution in [1.29, 1.82) is 5.41 Å². The first-order valence-electron chi connectivity index (χ1n) is 5.91. The van der Waals surface area contributed by atoms with Crippen molar-refractivity contribution in [3.8, 4) is 0 Å². The molecule has 0 amide bonds. The molecule has 3 rings (SSSR count). The summed E-state index contributed by atoms with van der Waals surface area (Å²) in [6, 6.07) is 7.24. The van der Waals surface area contributed by atoms with Gasteiger partial charge in [-0.1, -0.05) is 24.3 Å². The molecule has 2 aliphatic rings. The summed E-state index contributed by atoms with van der Waals surface area (Å²) in [6.45, 7) is 1.69. The summed E-state index contributed by atoms with van der Waals surface area (Å²) in [6.07, 6.45) is 1.82. The molecule has 19 heavy (non-hydrogen) atoms. The van der Waals surface area contributed by atoms with Gasteiger partial charge in [-0.25, -0.2) is 0 Å². The molecule has 1 aromatic rings. The molecule has 0 radical (unpaired) electrons. The standard InChI is InChI=1S/C15H10BrNO2/c1-7-13(17)10-6-8-4-2-3-5-9(8)15(19)11(10)12(16)14(7)18/h2-7,17H,1H3. The van der Waals surface area contributed by atoms with Gasteiger partial charge in [0.2, 0.25) is 0 Å². The number of carbonyl (C=O) groups is 2. The van der Waals surface area contributed by atoms with Gasteiger partial charge in [-0.3, -0.25) is 9.59 Å². The average molecular weight is 316 g/mol. The number of hydrogen-bond donors (Lipinski definition) is 1. The minimum Gasteiger partial charge on any atom is -0.304 e. The number of allylic oxidation sites excluding steroid dienone is 3. The van der Waals surface area contributed by atoms with E-state index in [-0.39, 0.29) is 17.3 Å². The minimum absolute atomic E-state index is 0.190. The van der Waals surface area contributed by atoms with Gasteiger partial charge in [0.15, 0.2) is 11.6 Å². The lowest BCUT2D eigenvalue weighted by molar-refractivity contribution is -0.116. The zero-order valence-electron chi connectivity index (χ0n) is 10.2. The molecule has 0 bridgehead atoms. The number of Topliss-reactive ketones (excluding diaryl/α,β-unsaturated/α-hetero) is 2. The van der Waals surface area contributed by atoms with Crippen LogP contribution in [0.25, 0.3) is 6.08 Å². The molecule has 0 spiro atoms. The molecule has 0 heterocycles. The number of hydrogen-bond acceptors (Lipinski definition) is 3. The second kappa shape index (κ2) is 4.10. The SMILES string of the molecule is CC1C(=N)C2=Cc3ccccc3C(=O)C2=C(Br)C1=O. The lowest BCUT2D eigenvalue weighted by atomic mass is 9.76. The van der Waals surface area contributed by atoms with Gasteiger partial charge < -0.3 is 5.41 Å². The number of carbonyl (C=O) groups excluding carboxylic acids is 2. The number of nitrogens with one attached hydrogen (secondary N) is 1. The van der Waals surface area contributed by atoms with Gasteiger partial charge in [0.05, 0.1) is 10.4 Å². The van der Waals surface area contributed by atoms with E-state index in [1.54, 1.807) is 19.1 Å². The van der Waals surface area contributed by atoms with Crippen LogP contribution in [0.15, 0.2) is 39.9 Å². The average Bonchev–Trinajstić information content (AvgIpc) is 2.43. The zero-order chi connectivity index (χ0) is 13.7. The van der Waals surface area contributed by atoms with Gasteiger partial charge in [-0.05, 0) is 34.5 Å². The number of halogens is 1. The van der Waals surface area contributed by atoms with Crippen molar-refractivity contribution in [2.75, 3.05) is 0 Å². The van der Waals surface area contributed by atoms with E-state index in [0.29, 0.717) is 21.2 Å². The normalized spacial score (nSPS) is 22.1. The van der Waals surface area contributed by atoms with E-state index in [2.05, 4.69) is 15.9 Å². The van der Waals surface area contributed by atoms with Crippen molar-refractivity contribution < 1.29 is 9.59 Å². The Morgan fingerprint density at radius 2 is 1.89 bits per heavy atom. The van der Waals surface area contributed by atoms with E-state index < -0.39 is 5.92 Å². The van der Waals surface area contributed by atoms with Gasteiger partial charge in [0.1, 0.15) is 0 Å². The Morgan fingerprint density at radius 1 is 1.21 bits per heavy atom. The van der Waals surface area contributed by atoms with Crippen LogP contribution in [0.4, 0.5) is 0 Å². The first-order valence-corrected chi connectivity index (χ1v) is 6.70. The van der Waals surface area contributed by atoms with Crippen LogP contribution in [0.5, 0.6) is 0 Å². The van der Waals surface area contributed by atoms with E-state index in [4.69, 9.17) is 5.41 Å². The molecule has 1 aromatic carbocycles. The molecule has 2 aliphatic carbocycles. The highest BCUT2D eigenvalue weighted by atomic mass is 79.9.